The van der Waals surface area contributed by atoms with Gasteiger partial charge >= 0.3 is 0 Å². The Morgan fingerprint density at radius 2 is 0.847 bits per heavy atom. The molecule has 2 aliphatic rings. The first-order chi connectivity index (χ1) is 34.0. The number of likely N-dealkylation sites (N-methyl/N-ethyl adjacent to an activating group) is 2. The predicted molar refractivity (Wildman–Crippen MR) is 275 cm³/mol. The Labute approximate surface area is 424 Å². The smallest absolute Gasteiger partial charge is 0.253 e. The van der Waals surface area contributed by atoms with E-state index in [1.54, 1.807) is 27.9 Å². The van der Waals surface area contributed by atoms with Crippen LogP contribution in [0, 0.1) is 10.8 Å². The van der Waals surface area contributed by atoms with Crippen molar-refractivity contribution in [1.82, 2.24) is 51.5 Å². The number of hydrogen-bond acceptors (Lipinski definition) is 10. The maximum Gasteiger partial charge on any atom is 0.253 e. The van der Waals surface area contributed by atoms with Crippen molar-refractivity contribution in [3.63, 3.8) is 0 Å². The van der Waals surface area contributed by atoms with Crippen LogP contribution in [0.2, 0.25) is 0 Å². The van der Waals surface area contributed by atoms with Crippen molar-refractivity contribution in [1.29, 1.82) is 0 Å². The standard InChI is InChI=1S/C54H76N10O8/c1-35(55-9)45(65)59-43(53(3,4)5)51(71)63-31-29-61(33-41(63)47(67)57-27-25-37-17-13-11-14-18-37)49(69)39-21-23-40(24-22-39)50(70)62-30-32-64(52(72)44(54(6,7)8)60-46(66)36(2)56-10)42(34-62)48(68)58-28-26-38-19-15-12-16-20-38/h11-24,35-36,41-44,55-56H,25-34H2,1-10H3,(H,57,67)(H,58,68)(H,59,65)(H,60,66)/t35-,36-,41-,42-,43+,44+/m0/s1. The Balaban J connectivity index is 1.34. The van der Waals surface area contributed by atoms with Crippen molar-refractivity contribution in [2.45, 2.75) is 104 Å². The summed E-state index contributed by atoms with van der Waals surface area (Å²) in [5.41, 5.74) is 1.10. The highest BCUT2D eigenvalue weighted by Gasteiger charge is 2.45. The molecule has 3 aromatic rings. The van der Waals surface area contributed by atoms with Crippen molar-refractivity contribution < 1.29 is 38.4 Å². The average Bonchev–Trinajstić information content (AvgIpc) is 3.37. The van der Waals surface area contributed by atoms with E-state index in [0.29, 0.717) is 25.9 Å². The molecule has 0 saturated carbocycles. The maximum absolute atomic E-state index is 14.4. The van der Waals surface area contributed by atoms with Gasteiger partial charge in [-0.25, -0.2) is 0 Å². The normalized spacial score (nSPS) is 18.0. The van der Waals surface area contributed by atoms with E-state index in [0.717, 1.165) is 11.1 Å². The number of benzene rings is 3. The highest BCUT2D eigenvalue weighted by atomic mass is 16.2. The molecule has 0 aromatic heterocycles. The molecule has 8 amide bonds. The van der Waals surface area contributed by atoms with Gasteiger partial charge in [0.15, 0.2) is 0 Å². The topological polar surface area (TPSA) is 222 Å². The molecular weight excluding hydrogens is 917 g/mol. The maximum atomic E-state index is 14.4. The Bertz CT molecular complexity index is 2210. The monoisotopic (exact) mass is 993 g/mol. The molecule has 3 aromatic carbocycles. The Kier molecular flexibility index (Phi) is 19.6. The number of nitrogens with zero attached hydrogens (tertiary/aromatic N) is 4. The van der Waals surface area contributed by atoms with Crippen LogP contribution in [-0.2, 0) is 41.6 Å². The predicted octanol–water partition coefficient (Wildman–Crippen LogP) is 1.99. The van der Waals surface area contributed by atoms with Crippen LogP contribution in [-0.4, -0.2) is 170 Å². The summed E-state index contributed by atoms with van der Waals surface area (Å²) in [7, 11) is 3.30. The zero-order valence-electron chi connectivity index (χ0n) is 43.7. The lowest BCUT2D eigenvalue weighted by Crippen LogP contribution is -2.66. The van der Waals surface area contributed by atoms with Gasteiger partial charge in [-0.2, -0.15) is 0 Å². The van der Waals surface area contributed by atoms with Crippen LogP contribution in [0.3, 0.4) is 0 Å². The van der Waals surface area contributed by atoms with Gasteiger partial charge < -0.3 is 51.5 Å². The first-order valence-corrected chi connectivity index (χ1v) is 24.9. The minimum Gasteiger partial charge on any atom is -0.354 e. The first-order valence-electron chi connectivity index (χ1n) is 24.9. The van der Waals surface area contributed by atoms with E-state index >= 15 is 0 Å². The van der Waals surface area contributed by atoms with Gasteiger partial charge in [0.2, 0.25) is 35.4 Å². The van der Waals surface area contributed by atoms with E-state index in [1.165, 1.54) is 43.9 Å². The van der Waals surface area contributed by atoms with E-state index in [1.807, 2.05) is 102 Å². The van der Waals surface area contributed by atoms with Crippen LogP contribution >= 0.6 is 0 Å². The molecule has 390 valence electrons. The van der Waals surface area contributed by atoms with E-state index in [9.17, 15) is 38.4 Å². The van der Waals surface area contributed by atoms with Crippen molar-refractivity contribution in [3.8, 4) is 0 Å². The molecule has 2 aliphatic heterocycles. The second-order valence-corrected chi connectivity index (χ2v) is 20.9. The fourth-order valence-electron chi connectivity index (χ4n) is 8.64. The number of nitrogens with one attached hydrogen (secondary N) is 6. The van der Waals surface area contributed by atoms with Gasteiger partial charge in [0.25, 0.3) is 11.8 Å². The molecule has 0 bridgehead atoms. The third kappa shape index (κ3) is 14.7. The highest BCUT2D eigenvalue weighted by molar-refractivity contribution is 6.00. The van der Waals surface area contributed by atoms with Crippen molar-refractivity contribution in [2.24, 2.45) is 10.8 Å². The molecule has 18 nitrogen and oxygen atoms in total. The minimum absolute atomic E-state index is 0.0232. The Morgan fingerprint density at radius 1 is 0.514 bits per heavy atom. The van der Waals surface area contributed by atoms with E-state index in [4.69, 9.17) is 0 Å². The Hall–Kier alpha value is -6.66. The second-order valence-electron chi connectivity index (χ2n) is 20.9. The fourth-order valence-corrected chi connectivity index (χ4v) is 8.64. The van der Waals surface area contributed by atoms with E-state index < -0.39 is 82.5 Å². The van der Waals surface area contributed by atoms with Crippen molar-refractivity contribution >= 4 is 47.3 Å². The van der Waals surface area contributed by atoms with Gasteiger partial charge in [-0.05, 0) is 87.0 Å². The minimum atomic E-state index is -1.07. The molecule has 6 N–H and O–H groups in total. The fraction of sp³-hybridized carbons (Fsp3) is 0.519. The van der Waals surface area contributed by atoms with Crippen molar-refractivity contribution in [2.75, 3.05) is 66.5 Å². The van der Waals surface area contributed by atoms with Crippen LogP contribution in [0.25, 0.3) is 0 Å². The summed E-state index contributed by atoms with van der Waals surface area (Å²) in [6.07, 6.45) is 1.10. The molecule has 5 rings (SSSR count). The molecule has 6 atom stereocenters. The molecule has 2 fully saturated rings. The van der Waals surface area contributed by atoms with Crippen LogP contribution in [0.5, 0.6) is 0 Å². The third-order valence-corrected chi connectivity index (χ3v) is 13.4. The number of carbonyl (C=O) groups is 8. The van der Waals surface area contributed by atoms with Crippen LogP contribution in [0.15, 0.2) is 84.9 Å². The third-order valence-electron chi connectivity index (χ3n) is 13.4. The van der Waals surface area contributed by atoms with Gasteiger partial charge in [-0.3, -0.25) is 38.4 Å². The van der Waals surface area contributed by atoms with Crippen molar-refractivity contribution in [3.05, 3.63) is 107 Å². The lowest BCUT2D eigenvalue weighted by Gasteiger charge is -2.44. The first kappa shape index (κ1) is 56.3. The average molecular weight is 993 g/mol. The summed E-state index contributed by atoms with van der Waals surface area (Å²) in [6.45, 7) is 15.0. The summed E-state index contributed by atoms with van der Waals surface area (Å²) in [6, 6.07) is 20.2. The van der Waals surface area contributed by atoms with Crippen LogP contribution in [0.1, 0.15) is 87.2 Å². The Morgan fingerprint density at radius 3 is 1.15 bits per heavy atom. The summed E-state index contributed by atoms with van der Waals surface area (Å²) < 4.78 is 0. The van der Waals surface area contributed by atoms with E-state index in [-0.39, 0.29) is 62.2 Å². The van der Waals surface area contributed by atoms with Crippen LogP contribution in [0.4, 0.5) is 0 Å². The summed E-state index contributed by atoms with van der Waals surface area (Å²) >= 11 is 0. The number of amides is 8. The summed E-state index contributed by atoms with van der Waals surface area (Å²) in [5.74, 6) is -3.29. The van der Waals surface area contributed by atoms with Gasteiger partial charge in [-0.15, -0.1) is 0 Å². The molecule has 18 heteroatoms. The molecular formula is C54H76N10O8. The van der Waals surface area contributed by atoms with Gasteiger partial charge in [0.1, 0.15) is 24.2 Å². The second kappa shape index (κ2) is 25.1. The number of rotatable bonds is 18. The molecule has 2 heterocycles. The molecule has 0 spiro atoms. The van der Waals surface area contributed by atoms with Gasteiger partial charge in [-0.1, -0.05) is 102 Å². The quantitative estimate of drug-likeness (QED) is 0.109. The molecule has 0 radical (unpaired) electrons. The SMILES string of the molecule is CN[C@@H](C)C(=O)N[C@H](C(=O)N1CCN(C(=O)c2ccc(C(=O)N3CCN(C(=O)[C@@H](NC(=O)[C@H](C)NC)C(C)(C)C)[C@H](C(=O)NCCc4ccccc4)C3)cc2)C[C@H]1C(=O)NCCc1ccccc1)C(C)(C)C. The molecule has 2 saturated heterocycles. The van der Waals surface area contributed by atoms with Gasteiger partial charge in [0.05, 0.1) is 25.2 Å². The summed E-state index contributed by atoms with van der Waals surface area (Å²) in [4.78, 5) is 118. The van der Waals surface area contributed by atoms with Gasteiger partial charge in [0, 0.05) is 50.4 Å². The number of carbonyl (C=O) groups excluding carboxylic acids is 8. The largest absolute Gasteiger partial charge is 0.354 e. The zero-order valence-corrected chi connectivity index (χ0v) is 43.7. The van der Waals surface area contributed by atoms with Crippen LogP contribution < -0.4 is 31.9 Å². The summed E-state index contributed by atoms with van der Waals surface area (Å²) in [5, 5.41) is 17.5. The molecule has 0 aliphatic carbocycles. The number of piperazine rings is 2. The lowest BCUT2D eigenvalue weighted by atomic mass is 9.85. The highest BCUT2D eigenvalue weighted by Crippen LogP contribution is 2.27. The lowest BCUT2D eigenvalue weighted by molar-refractivity contribution is -0.148. The molecule has 0 unspecified atom stereocenters. The number of hydrogen-bond donors (Lipinski definition) is 6. The molecule has 72 heavy (non-hydrogen) atoms. The zero-order chi connectivity index (χ0) is 52.9. The van der Waals surface area contributed by atoms with E-state index in [2.05, 4.69) is 31.9 Å².